The van der Waals surface area contributed by atoms with Gasteiger partial charge in [-0.05, 0) is 12.5 Å². The van der Waals surface area contributed by atoms with Crippen molar-refractivity contribution in [3.05, 3.63) is 59.1 Å². The van der Waals surface area contributed by atoms with E-state index in [1.165, 1.54) is 0 Å². The molecule has 0 atom stereocenters. The Kier molecular flexibility index (Phi) is 4.38. The minimum atomic E-state index is -0.431. The van der Waals surface area contributed by atoms with E-state index in [1.807, 2.05) is 37.3 Å². The van der Waals surface area contributed by atoms with Crippen molar-refractivity contribution in [2.24, 2.45) is 0 Å². The standard InChI is InChI=1S/C15H15ClN6O/c1-2-21-9-12(16)13(19-21)14(23)18-15-17-10-22(20-15)8-11-6-4-3-5-7-11/h3-7,9-10H,2,8H2,1H3,(H,18,20,23). The highest BCUT2D eigenvalue weighted by atomic mass is 35.5. The Labute approximate surface area is 137 Å². The van der Waals surface area contributed by atoms with Gasteiger partial charge in [0.1, 0.15) is 6.33 Å². The number of nitrogens with one attached hydrogen (secondary N) is 1. The minimum Gasteiger partial charge on any atom is -0.288 e. The van der Waals surface area contributed by atoms with E-state index in [0.717, 1.165) is 5.56 Å². The van der Waals surface area contributed by atoms with E-state index < -0.39 is 5.91 Å². The number of carbonyl (C=O) groups excluding carboxylic acids is 1. The fraction of sp³-hybridized carbons (Fsp3) is 0.200. The summed E-state index contributed by atoms with van der Waals surface area (Å²) in [5.41, 5.74) is 1.26. The van der Waals surface area contributed by atoms with E-state index in [9.17, 15) is 4.79 Å². The number of anilines is 1. The number of halogens is 1. The van der Waals surface area contributed by atoms with E-state index in [1.54, 1.807) is 21.9 Å². The Bertz CT molecular complexity index is 810. The molecular weight excluding hydrogens is 316 g/mol. The average Bonchev–Trinajstić information content (AvgIpc) is 3.14. The molecule has 1 amide bonds. The van der Waals surface area contributed by atoms with Crippen LogP contribution < -0.4 is 5.32 Å². The first-order valence-corrected chi connectivity index (χ1v) is 7.51. The van der Waals surface area contributed by atoms with Gasteiger partial charge < -0.3 is 0 Å². The van der Waals surface area contributed by atoms with Crippen molar-refractivity contribution < 1.29 is 4.79 Å². The SMILES string of the molecule is CCn1cc(Cl)c(C(=O)Nc2ncn(Cc3ccccc3)n2)n1. The number of aromatic nitrogens is 5. The van der Waals surface area contributed by atoms with Crippen LogP contribution in [-0.4, -0.2) is 30.5 Å². The van der Waals surface area contributed by atoms with Gasteiger partial charge in [0.2, 0.25) is 5.95 Å². The van der Waals surface area contributed by atoms with Gasteiger partial charge in [0, 0.05) is 12.7 Å². The molecule has 0 spiro atoms. The van der Waals surface area contributed by atoms with Gasteiger partial charge >= 0.3 is 0 Å². The number of nitrogens with zero attached hydrogens (tertiary/aromatic N) is 5. The second-order valence-electron chi connectivity index (χ2n) is 4.89. The zero-order valence-corrected chi connectivity index (χ0v) is 13.2. The van der Waals surface area contributed by atoms with Crippen molar-refractivity contribution in [3.8, 4) is 0 Å². The molecular formula is C15H15ClN6O. The molecule has 2 heterocycles. The minimum absolute atomic E-state index is 0.160. The maximum Gasteiger partial charge on any atom is 0.280 e. The lowest BCUT2D eigenvalue weighted by molar-refractivity contribution is 0.102. The van der Waals surface area contributed by atoms with Crippen LogP contribution in [-0.2, 0) is 13.1 Å². The van der Waals surface area contributed by atoms with Crippen LogP contribution >= 0.6 is 11.6 Å². The Morgan fingerprint density at radius 3 is 2.70 bits per heavy atom. The van der Waals surface area contributed by atoms with Gasteiger partial charge in [0.15, 0.2) is 5.69 Å². The van der Waals surface area contributed by atoms with E-state index in [-0.39, 0.29) is 11.6 Å². The van der Waals surface area contributed by atoms with E-state index in [4.69, 9.17) is 11.6 Å². The predicted octanol–water partition coefficient (Wildman–Crippen LogP) is 2.45. The molecule has 0 fully saturated rings. The molecule has 1 N–H and O–H groups in total. The topological polar surface area (TPSA) is 77.6 Å². The first-order chi connectivity index (χ1) is 11.2. The van der Waals surface area contributed by atoms with E-state index in [0.29, 0.717) is 18.1 Å². The number of rotatable bonds is 5. The number of amides is 1. The molecule has 0 radical (unpaired) electrons. The third kappa shape index (κ3) is 3.57. The molecule has 0 aliphatic carbocycles. The van der Waals surface area contributed by atoms with Gasteiger partial charge in [-0.3, -0.25) is 14.8 Å². The maximum atomic E-state index is 12.2. The summed E-state index contributed by atoms with van der Waals surface area (Å²) in [6.07, 6.45) is 3.17. The Morgan fingerprint density at radius 2 is 2.00 bits per heavy atom. The van der Waals surface area contributed by atoms with Gasteiger partial charge in [0.05, 0.1) is 11.6 Å². The van der Waals surface area contributed by atoms with Crippen LogP contribution in [0.5, 0.6) is 0 Å². The van der Waals surface area contributed by atoms with Crippen molar-refractivity contribution in [1.29, 1.82) is 0 Å². The first-order valence-electron chi connectivity index (χ1n) is 7.13. The number of hydrogen-bond donors (Lipinski definition) is 1. The molecule has 7 nitrogen and oxygen atoms in total. The summed E-state index contributed by atoms with van der Waals surface area (Å²) in [7, 11) is 0. The Morgan fingerprint density at radius 1 is 1.22 bits per heavy atom. The Balaban J connectivity index is 1.68. The van der Waals surface area contributed by atoms with Gasteiger partial charge in [-0.1, -0.05) is 41.9 Å². The van der Waals surface area contributed by atoms with Gasteiger partial charge in [-0.25, -0.2) is 9.67 Å². The third-order valence-electron chi connectivity index (χ3n) is 3.21. The number of aryl methyl sites for hydroxylation is 1. The smallest absolute Gasteiger partial charge is 0.280 e. The quantitative estimate of drug-likeness (QED) is 0.779. The third-order valence-corrected chi connectivity index (χ3v) is 3.48. The van der Waals surface area contributed by atoms with Crippen LogP contribution in [0.2, 0.25) is 5.02 Å². The molecule has 0 aliphatic rings. The van der Waals surface area contributed by atoms with Crippen LogP contribution in [0.25, 0.3) is 0 Å². The normalized spacial score (nSPS) is 10.7. The molecule has 0 aliphatic heterocycles. The van der Waals surface area contributed by atoms with Crippen molar-refractivity contribution in [2.75, 3.05) is 5.32 Å². The van der Waals surface area contributed by atoms with E-state index >= 15 is 0 Å². The molecule has 23 heavy (non-hydrogen) atoms. The van der Waals surface area contributed by atoms with Gasteiger partial charge in [0.25, 0.3) is 5.91 Å². The largest absolute Gasteiger partial charge is 0.288 e. The van der Waals surface area contributed by atoms with Gasteiger partial charge in [-0.2, -0.15) is 5.10 Å². The van der Waals surface area contributed by atoms with Crippen LogP contribution in [0.4, 0.5) is 5.95 Å². The molecule has 0 bridgehead atoms. The molecule has 3 rings (SSSR count). The summed E-state index contributed by atoms with van der Waals surface area (Å²) in [6, 6.07) is 9.87. The molecule has 2 aromatic heterocycles. The molecule has 3 aromatic rings. The molecule has 1 aromatic carbocycles. The van der Waals surface area contributed by atoms with Crippen molar-refractivity contribution in [2.45, 2.75) is 20.0 Å². The summed E-state index contributed by atoms with van der Waals surface area (Å²) in [4.78, 5) is 16.2. The molecule has 0 saturated carbocycles. The first kappa shape index (κ1) is 15.2. The lowest BCUT2D eigenvalue weighted by Crippen LogP contribution is -2.15. The highest BCUT2D eigenvalue weighted by molar-refractivity contribution is 6.34. The molecule has 0 unspecified atom stereocenters. The van der Waals surface area contributed by atoms with Crippen molar-refractivity contribution >= 4 is 23.5 Å². The monoisotopic (exact) mass is 330 g/mol. The highest BCUT2D eigenvalue weighted by Crippen LogP contribution is 2.15. The average molecular weight is 331 g/mol. The molecule has 118 valence electrons. The van der Waals surface area contributed by atoms with Crippen LogP contribution in [0.15, 0.2) is 42.9 Å². The number of carbonyl (C=O) groups is 1. The van der Waals surface area contributed by atoms with Crippen LogP contribution in [0.1, 0.15) is 23.0 Å². The Hall–Kier alpha value is -2.67. The fourth-order valence-corrected chi connectivity index (χ4v) is 2.31. The summed E-state index contributed by atoms with van der Waals surface area (Å²) in [5, 5.41) is 11.2. The summed E-state index contributed by atoms with van der Waals surface area (Å²) in [6.45, 7) is 3.13. The molecule has 8 heteroatoms. The fourth-order valence-electron chi connectivity index (χ4n) is 2.07. The maximum absolute atomic E-state index is 12.2. The van der Waals surface area contributed by atoms with E-state index in [2.05, 4.69) is 20.5 Å². The van der Waals surface area contributed by atoms with Gasteiger partial charge in [-0.15, -0.1) is 5.10 Å². The van der Waals surface area contributed by atoms with Crippen LogP contribution in [0.3, 0.4) is 0 Å². The highest BCUT2D eigenvalue weighted by Gasteiger charge is 2.17. The summed E-state index contributed by atoms with van der Waals surface area (Å²) < 4.78 is 3.25. The second kappa shape index (κ2) is 6.62. The lowest BCUT2D eigenvalue weighted by atomic mass is 10.2. The van der Waals surface area contributed by atoms with Crippen LogP contribution in [0, 0.1) is 0 Å². The summed E-state index contributed by atoms with van der Waals surface area (Å²) in [5.74, 6) is -0.215. The van der Waals surface area contributed by atoms with Crippen molar-refractivity contribution in [1.82, 2.24) is 24.5 Å². The number of benzene rings is 1. The molecule has 0 saturated heterocycles. The lowest BCUT2D eigenvalue weighted by Gasteiger charge is -2.00. The second-order valence-corrected chi connectivity index (χ2v) is 5.29. The zero-order valence-electron chi connectivity index (χ0n) is 12.5. The predicted molar refractivity (Wildman–Crippen MR) is 86.4 cm³/mol. The zero-order chi connectivity index (χ0) is 16.2. The number of hydrogen-bond acceptors (Lipinski definition) is 4. The summed E-state index contributed by atoms with van der Waals surface area (Å²) >= 11 is 6.01. The van der Waals surface area contributed by atoms with Crippen molar-refractivity contribution in [3.63, 3.8) is 0 Å².